The molecule has 4 heteroatoms. The van der Waals surface area contributed by atoms with E-state index in [0.717, 1.165) is 26.1 Å². The zero-order valence-corrected chi connectivity index (χ0v) is 8.79. The molecule has 0 aromatic rings. The van der Waals surface area contributed by atoms with Crippen molar-refractivity contribution in [3.8, 4) is 0 Å². The van der Waals surface area contributed by atoms with E-state index >= 15 is 0 Å². The third-order valence-corrected chi connectivity index (χ3v) is 3.88. The molecule has 0 aromatic heterocycles. The Morgan fingerprint density at radius 2 is 2.13 bits per heavy atom. The van der Waals surface area contributed by atoms with Crippen LogP contribution in [-0.2, 0) is 4.79 Å². The molecule has 4 fully saturated rings. The molecule has 3 nitrogen and oxygen atoms in total. The number of hydrogen-bond acceptors (Lipinski definition) is 2. The Balaban J connectivity index is 1.68. The summed E-state index contributed by atoms with van der Waals surface area (Å²) in [5, 5.41) is 3.45. The van der Waals surface area contributed by atoms with Gasteiger partial charge in [0.2, 0.25) is 5.91 Å². The van der Waals surface area contributed by atoms with Crippen LogP contribution < -0.4 is 5.32 Å². The van der Waals surface area contributed by atoms with Gasteiger partial charge < -0.3 is 10.2 Å². The smallest absolute Gasteiger partial charge is 0.228 e. The van der Waals surface area contributed by atoms with Crippen LogP contribution in [0, 0.1) is 11.8 Å². The molecule has 2 bridgehead atoms. The number of nitrogens with one attached hydrogen (secondary N) is 1. The number of piperidine rings is 1. The highest BCUT2D eigenvalue weighted by Crippen LogP contribution is 2.36. The van der Waals surface area contributed by atoms with E-state index in [-0.39, 0.29) is 11.8 Å². The summed E-state index contributed by atoms with van der Waals surface area (Å²) in [6, 6.07) is 0.449. The minimum absolute atomic E-state index is 0.0584. The minimum atomic E-state index is -0.855. The van der Waals surface area contributed by atoms with Gasteiger partial charge in [0.05, 0.1) is 5.92 Å². The van der Waals surface area contributed by atoms with Gasteiger partial charge in [0.15, 0.2) is 0 Å². The van der Waals surface area contributed by atoms with Gasteiger partial charge in [-0.25, -0.2) is 4.39 Å². The lowest BCUT2D eigenvalue weighted by molar-refractivity contribution is -0.133. The fraction of sp³-hybridized carbons (Fsp3) is 0.909. The quantitative estimate of drug-likeness (QED) is 0.688. The third-order valence-electron chi connectivity index (χ3n) is 3.88. The fourth-order valence-corrected chi connectivity index (χ4v) is 2.77. The van der Waals surface area contributed by atoms with Crippen molar-refractivity contribution < 1.29 is 9.18 Å². The maximum absolute atomic E-state index is 12.8. The number of carbonyl (C=O) groups excluding carboxylic acids is 1. The zero-order chi connectivity index (χ0) is 10.4. The minimum Gasteiger partial charge on any atom is -0.340 e. The Hall–Kier alpha value is -0.640. The molecule has 0 aromatic carbocycles. The Kier molecular flexibility index (Phi) is 2.20. The van der Waals surface area contributed by atoms with Gasteiger partial charge in [-0.05, 0) is 31.7 Å². The van der Waals surface area contributed by atoms with E-state index in [2.05, 4.69) is 5.32 Å². The van der Waals surface area contributed by atoms with Crippen LogP contribution in [0.5, 0.6) is 0 Å². The van der Waals surface area contributed by atoms with Crippen molar-refractivity contribution in [2.45, 2.75) is 31.5 Å². The van der Waals surface area contributed by atoms with Crippen molar-refractivity contribution in [1.29, 1.82) is 0 Å². The zero-order valence-electron chi connectivity index (χ0n) is 8.79. The first-order valence-electron chi connectivity index (χ1n) is 5.90. The summed E-state index contributed by atoms with van der Waals surface area (Å²) in [6.45, 7) is 2.66. The largest absolute Gasteiger partial charge is 0.340 e. The second kappa shape index (κ2) is 3.44. The molecule has 3 saturated heterocycles. The number of amides is 1. The van der Waals surface area contributed by atoms with Crippen LogP contribution in [-0.4, -0.2) is 42.7 Å². The average Bonchev–Trinajstić information content (AvgIpc) is 3.00. The number of rotatable bonds is 1. The summed E-state index contributed by atoms with van der Waals surface area (Å²) < 4.78 is 12.8. The highest BCUT2D eigenvalue weighted by molar-refractivity contribution is 5.82. The van der Waals surface area contributed by atoms with Gasteiger partial charge in [0.1, 0.15) is 6.17 Å². The molecule has 3 aliphatic heterocycles. The second-order valence-corrected chi connectivity index (χ2v) is 5.15. The monoisotopic (exact) mass is 212 g/mol. The molecule has 84 valence electrons. The van der Waals surface area contributed by atoms with Crippen molar-refractivity contribution in [2.24, 2.45) is 11.8 Å². The number of halogens is 1. The van der Waals surface area contributed by atoms with Crippen molar-refractivity contribution in [3.05, 3.63) is 0 Å². The van der Waals surface area contributed by atoms with E-state index in [1.54, 1.807) is 0 Å². The van der Waals surface area contributed by atoms with E-state index in [1.807, 2.05) is 4.90 Å². The van der Waals surface area contributed by atoms with Crippen LogP contribution >= 0.6 is 0 Å². The van der Waals surface area contributed by atoms with Crippen LogP contribution in [0.2, 0.25) is 0 Å². The molecular weight excluding hydrogens is 195 g/mol. The van der Waals surface area contributed by atoms with Gasteiger partial charge in [-0.2, -0.15) is 0 Å². The highest BCUT2D eigenvalue weighted by Gasteiger charge is 2.46. The summed E-state index contributed by atoms with van der Waals surface area (Å²) in [5.41, 5.74) is 0. The molecule has 1 saturated carbocycles. The Labute approximate surface area is 89.0 Å². The van der Waals surface area contributed by atoms with Crippen molar-refractivity contribution in [2.75, 3.05) is 19.6 Å². The van der Waals surface area contributed by atoms with E-state index in [4.69, 9.17) is 0 Å². The molecule has 0 spiro atoms. The lowest BCUT2D eigenvalue weighted by Crippen LogP contribution is -2.41. The lowest BCUT2D eigenvalue weighted by atomic mass is 9.97. The average molecular weight is 212 g/mol. The van der Waals surface area contributed by atoms with E-state index < -0.39 is 6.17 Å². The van der Waals surface area contributed by atoms with Crippen molar-refractivity contribution in [1.82, 2.24) is 10.2 Å². The SMILES string of the molecule is O=C(C1C[C@H]1F)N1CC2CC[C@@H](CN2)C1. The van der Waals surface area contributed by atoms with E-state index in [0.29, 0.717) is 18.4 Å². The van der Waals surface area contributed by atoms with Crippen molar-refractivity contribution in [3.63, 3.8) is 0 Å². The van der Waals surface area contributed by atoms with Gasteiger partial charge >= 0.3 is 0 Å². The topological polar surface area (TPSA) is 32.3 Å². The van der Waals surface area contributed by atoms with Crippen LogP contribution in [0.3, 0.4) is 0 Å². The first kappa shape index (κ1) is 9.58. The van der Waals surface area contributed by atoms with Crippen molar-refractivity contribution >= 4 is 5.91 Å². The molecule has 4 atom stereocenters. The molecule has 0 radical (unpaired) electrons. The van der Waals surface area contributed by atoms with E-state index in [9.17, 15) is 9.18 Å². The summed E-state index contributed by atoms with van der Waals surface area (Å²) in [6.07, 6.45) is 1.98. The summed E-state index contributed by atoms with van der Waals surface area (Å²) in [4.78, 5) is 13.8. The van der Waals surface area contributed by atoms with Gasteiger partial charge in [0.25, 0.3) is 0 Å². The van der Waals surface area contributed by atoms with Crippen LogP contribution in [0.25, 0.3) is 0 Å². The van der Waals surface area contributed by atoms with Crippen LogP contribution in [0.4, 0.5) is 4.39 Å². The molecule has 1 aliphatic carbocycles. The Morgan fingerprint density at radius 1 is 1.33 bits per heavy atom. The van der Waals surface area contributed by atoms with E-state index in [1.165, 1.54) is 6.42 Å². The number of hydrogen-bond donors (Lipinski definition) is 1. The van der Waals surface area contributed by atoms with Gasteiger partial charge in [0, 0.05) is 19.1 Å². The molecule has 4 aliphatic rings. The lowest BCUT2D eigenvalue weighted by Gasteiger charge is -2.23. The third kappa shape index (κ3) is 1.75. The van der Waals surface area contributed by atoms with Gasteiger partial charge in [-0.3, -0.25) is 4.79 Å². The summed E-state index contributed by atoms with van der Waals surface area (Å²) in [5.74, 6) is 0.343. The normalized spacial score (nSPS) is 43.9. The first-order chi connectivity index (χ1) is 7.24. The maximum Gasteiger partial charge on any atom is 0.228 e. The highest BCUT2D eigenvalue weighted by atomic mass is 19.1. The number of alkyl halides is 1. The molecule has 1 N–H and O–H groups in total. The van der Waals surface area contributed by atoms with Gasteiger partial charge in [-0.15, -0.1) is 0 Å². The molecule has 1 amide bonds. The number of carbonyl (C=O) groups is 1. The molecular formula is C11H17FN2O. The molecule has 3 heterocycles. The number of fused-ring (bicyclic) bond motifs is 4. The summed E-state index contributed by atoms with van der Waals surface area (Å²) >= 11 is 0. The Bertz CT molecular complexity index is 262. The van der Waals surface area contributed by atoms with Gasteiger partial charge in [-0.1, -0.05) is 0 Å². The number of nitrogens with zero attached hydrogens (tertiary/aromatic N) is 1. The Morgan fingerprint density at radius 3 is 2.73 bits per heavy atom. The standard InChI is InChI=1S/C11H17FN2O/c12-10-3-9(10)11(15)14-5-7-1-2-8(6-14)13-4-7/h7-10,13H,1-6H2/t7-,8?,9?,10+/m0/s1. The predicted octanol–water partition coefficient (Wildman–Crippen LogP) is 0.555. The first-order valence-corrected chi connectivity index (χ1v) is 5.90. The fourth-order valence-electron chi connectivity index (χ4n) is 2.77. The van der Waals surface area contributed by atoms with Crippen LogP contribution in [0.1, 0.15) is 19.3 Å². The molecule has 15 heavy (non-hydrogen) atoms. The summed E-state index contributed by atoms with van der Waals surface area (Å²) in [7, 11) is 0. The maximum atomic E-state index is 12.8. The molecule has 2 unspecified atom stereocenters. The van der Waals surface area contributed by atoms with Crippen LogP contribution in [0.15, 0.2) is 0 Å². The predicted molar refractivity (Wildman–Crippen MR) is 54.1 cm³/mol. The second-order valence-electron chi connectivity index (χ2n) is 5.15. The molecule has 4 rings (SSSR count).